The second-order valence-electron chi connectivity index (χ2n) is 4.32. The lowest BCUT2D eigenvalue weighted by Crippen LogP contribution is -1.94. The molecule has 0 aliphatic rings. The molecule has 2 aromatic carbocycles. The van der Waals surface area contributed by atoms with Gasteiger partial charge in [-0.3, -0.25) is 4.79 Å². The first-order valence-electron chi connectivity index (χ1n) is 6.09. The third-order valence-electron chi connectivity index (χ3n) is 3.07. The zero-order chi connectivity index (χ0) is 14.7. The molecule has 4 heteroatoms. The van der Waals surface area contributed by atoms with Gasteiger partial charge >= 0.3 is 0 Å². The van der Waals surface area contributed by atoms with E-state index in [-0.39, 0.29) is 5.78 Å². The first-order chi connectivity index (χ1) is 9.56. The Kier molecular flexibility index (Phi) is 4.30. The molecule has 0 aliphatic carbocycles. The molecule has 2 aromatic rings. The minimum absolute atomic E-state index is 0.0526. The molecule has 0 spiro atoms. The van der Waals surface area contributed by atoms with Gasteiger partial charge in [0.1, 0.15) is 11.5 Å². The number of halogens is 1. The smallest absolute Gasteiger partial charge is 0.161 e. The van der Waals surface area contributed by atoms with Crippen LogP contribution in [0.1, 0.15) is 17.3 Å². The number of hydrogen-bond donors (Lipinski definition) is 0. The van der Waals surface area contributed by atoms with E-state index in [4.69, 9.17) is 21.1 Å². The van der Waals surface area contributed by atoms with Gasteiger partial charge in [-0.25, -0.2) is 0 Å². The molecule has 104 valence electrons. The van der Waals surface area contributed by atoms with Gasteiger partial charge in [-0.1, -0.05) is 17.7 Å². The largest absolute Gasteiger partial charge is 0.497 e. The van der Waals surface area contributed by atoms with Crippen molar-refractivity contribution in [3.63, 3.8) is 0 Å². The fourth-order valence-electron chi connectivity index (χ4n) is 2.01. The Hall–Kier alpha value is -2.00. The van der Waals surface area contributed by atoms with E-state index in [0.717, 1.165) is 16.9 Å². The summed E-state index contributed by atoms with van der Waals surface area (Å²) in [5, 5.41) is 0.438. The van der Waals surface area contributed by atoms with Crippen LogP contribution in [0.4, 0.5) is 0 Å². The van der Waals surface area contributed by atoms with Gasteiger partial charge in [0.25, 0.3) is 0 Å². The number of carbonyl (C=O) groups is 1. The summed E-state index contributed by atoms with van der Waals surface area (Å²) >= 11 is 6.14. The zero-order valence-electron chi connectivity index (χ0n) is 11.6. The molecule has 0 fully saturated rings. The molecule has 0 bridgehead atoms. The number of benzene rings is 2. The molecule has 0 saturated heterocycles. The lowest BCUT2D eigenvalue weighted by molar-refractivity contribution is 0.101. The van der Waals surface area contributed by atoms with E-state index >= 15 is 0 Å². The zero-order valence-corrected chi connectivity index (χ0v) is 12.3. The maximum Gasteiger partial charge on any atom is 0.161 e. The minimum atomic E-state index is -0.0526. The average Bonchev–Trinajstić information content (AvgIpc) is 2.46. The molecule has 3 nitrogen and oxygen atoms in total. The molecule has 20 heavy (non-hydrogen) atoms. The highest BCUT2D eigenvalue weighted by atomic mass is 35.5. The molecule has 0 unspecified atom stereocenters. The summed E-state index contributed by atoms with van der Waals surface area (Å²) in [4.78, 5) is 11.4. The molecular weight excluding hydrogens is 276 g/mol. The van der Waals surface area contributed by atoms with Gasteiger partial charge < -0.3 is 9.47 Å². The van der Waals surface area contributed by atoms with Gasteiger partial charge in [0.2, 0.25) is 0 Å². The summed E-state index contributed by atoms with van der Waals surface area (Å²) in [5.41, 5.74) is 2.30. The summed E-state index contributed by atoms with van der Waals surface area (Å²) in [5.74, 6) is 1.36. The number of carbonyl (C=O) groups excluding carboxylic acids is 1. The minimum Gasteiger partial charge on any atom is -0.497 e. The second-order valence-corrected chi connectivity index (χ2v) is 4.72. The summed E-state index contributed by atoms with van der Waals surface area (Å²) in [6, 6.07) is 10.9. The number of methoxy groups -OCH3 is 2. The summed E-state index contributed by atoms with van der Waals surface area (Å²) in [6.45, 7) is 1.49. The fraction of sp³-hybridized carbons (Fsp3) is 0.188. The van der Waals surface area contributed by atoms with Crippen molar-refractivity contribution in [1.82, 2.24) is 0 Å². The van der Waals surface area contributed by atoms with E-state index in [1.807, 2.05) is 24.3 Å². The number of ketones is 1. The summed E-state index contributed by atoms with van der Waals surface area (Å²) < 4.78 is 10.5. The maximum absolute atomic E-state index is 11.4. The monoisotopic (exact) mass is 290 g/mol. The number of Topliss-reactive ketones (excluding diaryl/α,β-unsaturated/α-hetero) is 1. The van der Waals surface area contributed by atoms with Crippen molar-refractivity contribution in [2.45, 2.75) is 6.92 Å². The maximum atomic E-state index is 11.4. The molecule has 0 radical (unpaired) electrons. The normalized spacial score (nSPS) is 10.2. The first-order valence-corrected chi connectivity index (χ1v) is 6.47. The Morgan fingerprint density at radius 2 is 1.80 bits per heavy atom. The highest BCUT2D eigenvalue weighted by Crippen LogP contribution is 2.35. The van der Waals surface area contributed by atoms with Crippen LogP contribution >= 0.6 is 11.6 Å². The van der Waals surface area contributed by atoms with Crippen molar-refractivity contribution in [2.75, 3.05) is 14.2 Å². The molecule has 2 rings (SSSR count). The molecule has 0 amide bonds. The number of hydrogen-bond acceptors (Lipinski definition) is 3. The summed E-state index contributed by atoms with van der Waals surface area (Å²) in [7, 11) is 3.21. The van der Waals surface area contributed by atoms with Crippen LogP contribution in [-0.4, -0.2) is 20.0 Å². The van der Waals surface area contributed by atoms with Gasteiger partial charge in [-0.2, -0.15) is 0 Å². The quantitative estimate of drug-likeness (QED) is 0.791. The van der Waals surface area contributed by atoms with Crippen molar-refractivity contribution in [1.29, 1.82) is 0 Å². The van der Waals surface area contributed by atoms with E-state index in [1.165, 1.54) is 6.92 Å². The molecule has 0 aromatic heterocycles. The fourth-order valence-corrected chi connectivity index (χ4v) is 2.32. The van der Waals surface area contributed by atoms with E-state index in [1.54, 1.807) is 26.4 Å². The molecule has 0 N–H and O–H groups in total. The van der Waals surface area contributed by atoms with Crippen molar-refractivity contribution in [3.05, 3.63) is 47.0 Å². The molecule has 0 saturated carbocycles. The van der Waals surface area contributed by atoms with E-state index in [0.29, 0.717) is 16.3 Å². The van der Waals surface area contributed by atoms with Crippen LogP contribution < -0.4 is 9.47 Å². The highest BCUT2D eigenvalue weighted by Gasteiger charge is 2.11. The van der Waals surface area contributed by atoms with Gasteiger partial charge in [0.15, 0.2) is 5.78 Å². The molecular formula is C16H15ClO3. The Morgan fingerprint density at radius 1 is 1.05 bits per heavy atom. The third kappa shape index (κ3) is 2.78. The van der Waals surface area contributed by atoms with Crippen LogP contribution in [-0.2, 0) is 0 Å². The Balaban J connectivity index is 2.51. The summed E-state index contributed by atoms with van der Waals surface area (Å²) in [6.07, 6.45) is 0. The Bertz CT molecular complexity index is 650. The average molecular weight is 291 g/mol. The topological polar surface area (TPSA) is 35.5 Å². The number of rotatable bonds is 4. The van der Waals surface area contributed by atoms with E-state index < -0.39 is 0 Å². The van der Waals surface area contributed by atoms with Crippen LogP contribution in [0.3, 0.4) is 0 Å². The van der Waals surface area contributed by atoms with Crippen molar-refractivity contribution < 1.29 is 14.3 Å². The predicted molar refractivity (Wildman–Crippen MR) is 80.0 cm³/mol. The van der Waals surface area contributed by atoms with Crippen LogP contribution in [0.25, 0.3) is 11.1 Å². The predicted octanol–water partition coefficient (Wildman–Crippen LogP) is 4.23. The van der Waals surface area contributed by atoms with Crippen molar-refractivity contribution in [2.24, 2.45) is 0 Å². The van der Waals surface area contributed by atoms with Crippen molar-refractivity contribution in [3.8, 4) is 22.6 Å². The van der Waals surface area contributed by atoms with Gasteiger partial charge in [-0.15, -0.1) is 0 Å². The van der Waals surface area contributed by atoms with Crippen LogP contribution in [0, 0.1) is 0 Å². The van der Waals surface area contributed by atoms with Crippen molar-refractivity contribution >= 4 is 17.4 Å². The second kappa shape index (κ2) is 5.97. The lowest BCUT2D eigenvalue weighted by Gasteiger charge is -2.11. The Labute approximate surface area is 123 Å². The molecule has 0 heterocycles. The highest BCUT2D eigenvalue weighted by molar-refractivity contribution is 6.34. The van der Waals surface area contributed by atoms with Crippen LogP contribution in [0.2, 0.25) is 5.02 Å². The standard InChI is InChI=1S/C16H15ClO3/c1-10(18)13-6-4-11(8-15(13)17)14-7-5-12(19-2)9-16(14)20-3/h4-9H,1-3H3. The van der Waals surface area contributed by atoms with Crippen LogP contribution in [0.15, 0.2) is 36.4 Å². The first kappa shape index (κ1) is 14.4. The molecule has 0 aliphatic heterocycles. The SMILES string of the molecule is COc1ccc(-c2ccc(C(C)=O)c(Cl)c2)c(OC)c1. The van der Waals surface area contributed by atoms with Gasteiger partial charge in [0, 0.05) is 17.2 Å². The van der Waals surface area contributed by atoms with Gasteiger partial charge in [0.05, 0.1) is 19.2 Å². The van der Waals surface area contributed by atoms with E-state index in [2.05, 4.69) is 0 Å². The lowest BCUT2D eigenvalue weighted by atomic mass is 10.0. The Morgan fingerprint density at radius 3 is 2.35 bits per heavy atom. The molecule has 0 atom stereocenters. The third-order valence-corrected chi connectivity index (χ3v) is 3.38. The van der Waals surface area contributed by atoms with Gasteiger partial charge in [-0.05, 0) is 36.8 Å². The number of ether oxygens (including phenoxy) is 2. The van der Waals surface area contributed by atoms with E-state index in [9.17, 15) is 4.79 Å². The van der Waals surface area contributed by atoms with Crippen LogP contribution in [0.5, 0.6) is 11.5 Å².